The number of rotatable bonds is 7. The molecular formula is C33H35F3N8O8. The molecule has 19 heteroatoms. The number of nitrogens with zero attached hydrogens (tertiary/aromatic N) is 3. The van der Waals surface area contributed by atoms with Crippen molar-refractivity contribution in [1.82, 2.24) is 10.2 Å². The zero-order chi connectivity index (χ0) is 38.9. The van der Waals surface area contributed by atoms with Gasteiger partial charge >= 0.3 is 12.4 Å². The van der Waals surface area contributed by atoms with E-state index in [0.29, 0.717) is 5.69 Å². The smallest absolute Gasteiger partial charge is 0.509 e. The average molecular weight is 729 g/mol. The van der Waals surface area contributed by atoms with E-state index in [9.17, 15) is 52.9 Å². The fourth-order valence-electron chi connectivity index (χ4n) is 7.56. The fourth-order valence-corrected chi connectivity index (χ4v) is 7.56. The van der Waals surface area contributed by atoms with Gasteiger partial charge in [-0.25, -0.2) is 4.79 Å². The molecule has 276 valence electrons. The molecule has 3 amide bonds. The van der Waals surface area contributed by atoms with Gasteiger partial charge in [0.05, 0.1) is 34.3 Å². The predicted octanol–water partition coefficient (Wildman–Crippen LogP) is 1.19. The minimum atomic E-state index is -4.90. The molecule has 1 saturated carbocycles. The number of hydrogen-bond acceptors (Lipinski definition) is 13. The molecule has 2 aromatic rings. The van der Waals surface area contributed by atoms with E-state index in [-0.39, 0.29) is 35.3 Å². The minimum Gasteiger partial charge on any atom is -0.509 e. The summed E-state index contributed by atoms with van der Waals surface area (Å²) < 4.78 is 41.2. The zero-order valence-corrected chi connectivity index (χ0v) is 28.2. The van der Waals surface area contributed by atoms with E-state index >= 15 is 0 Å². The number of Topliss-reactive ketones (excluding diaryl/α,β-unsaturated/α-hetero) is 2. The summed E-state index contributed by atoms with van der Waals surface area (Å²) in [5.74, 6) is -7.02. The number of nitriles is 1. The lowest BCUT2D eigenvalue weighted by atomic mass is 9.47. The highest BCUT2D eigenvalue weighted by Crippen LogP contribution is 2.59. The molecule has 0 spiro atoms. The van der Waals surface area contributed by atoms with Gasteiger partial charge in [-0.2, -0.15) is 5.26 Å². The van der Waals surface area contributed by atoms with Crippen molar-refractivity contribution >= 4 is 40.6 Å². The first-order valence-corrected chi connectivity index (χ1v) is 15.4. The maximum Gasteiger partial charge on any atom is 0.573 e. The van der Waals surface area contributed by atoms with E-state index in [0.717, 1.165) is 24.3 Å². The third kappa shape index (κ3) is 5.60. The maximum absolute atomic E-state index is 14.6. The van der Waals surface area contributed by atoms with Gasteiger partial charge in [0.1, 0.15) is 28.6 Å². The summed E-state index contributed by atoms with van der Waals surface area (Å²) in [6.45, 7) is -0.377. The molecule has 0 aromatic heterocycles. The van der Waals surface area contributed by atoms with Crippen molar-refractivity contribution in [3.8, 4) is 17.6 Å². The minimum absolute atomic E-state index is 0.0318. The highest BCUT2D eigenvalue weighted by molar-refractivity contribution is 6.25. The first-order valence-electron chi connectivity index (χ1n) is 15.4. The van der Waals surface area contributed by atoms with Gasteiger partial charge in [0.2, 0.25) is 0 Å². The molecule has 0 heterocycles. The number of benzene rings is 2. The molecule has 11 N–H and O–H groups in total. The SMILES string of the molecule is CN(C)c1cc(CNC(=O)Nc2ccc(OC(F)(F)F)cc2)c(O)c2c1C[C@@]1(N)C[C@@]3(N)[C@H](N(C)C)C(=O)C(C(N)=O)=C(O)[C@@]3(C#N)C(=O)C1=C2O. The summed E-state index contributed by atoms with van der Waals surface area (Å²) in [4.78, 5) is 56.2. The van der Waals surface area contributed by atoms with Crippen LogP contribution >= 0.6 is 0 Å². The van der Waals surface area contributed by atoms with Gasteiger partial charge in [0.15, 0.2) is 17.0 Å². The number of anilines is 2. The van der Waals surface area contributed by atoms with Crippen LogP contribution in [0, 0.1) is 16.7 Å². The van der Waals surface area contributed by atoms with Gasteiger partial charge in [-0.05, 0) is 62.8 Å². The molecule has 0 saturated heterocycles. The van der Waals surface area contributed by atoms with Crippen LogP contribution in [-0.4, -0.2) is 95.4 Å². The number of carbonyl (C=O) groups is 4. The normalized spacial score (nSPS) is 25.5. The summed E-state index contributed by atoms with van der Waals surface area (Å²) in [7, 11) is 6.09. The van der Waals surface area contributed by atoms with Gasteiger partial charge in [-0.1, -0.05) is 0 Å². The molecule has 0 aliphatic heterocycles. The molecule has 0 unspecified atom stereocenters. The predicted molar refractivity (Wildman–Crippen MR) is 178 cm³/mol. The summed E-state index contributed by atoms with van der Waals surface area (Å²) in [6, 6.07) is 5.12. The van der Waals surface area contributed by atoms with Gasteiger partial charge in [0, 0.05) is 37.6 Å². The number of phenolic OH excluding ortho intramolecular Hbond substituents is 1. The number of fused-ring (bicyclic) bond motifs is 3. The lowest BCUT2D eigenvalue weighted by Gasteiger charge is -2.58. The first kappa shape index (κ1) is 37.4. The molecule has 5 rings (SSSR count). The summed E-state index contributed by atoms with van der Waals surface area (Å²) >= 11 is 0. The van der Waals surface area contributed by atoms with Crippen LogP contribution in [0.5, 0.6) is 11.5 Å². The number of likely N-dealkylation sites (N-methyl/N-ethyl adjacent to an activating group) is 1. The largest absolute Gasteiger partial charge is 0.573 e. The molecule has 1 fully saturated rings. The van der Waals surface area contributed by atoms with E-state index in [2.05, 4.69) is 15.4 Å². The standard InChI is InChI=1S/C33H35F3N8O8/c1-43(2)18-9-14(11-41-29(51)42-15-5-7-16(8-6-15)52-33(34,35)36)22(45)19-17(18)10-30(39)12-32(40)25(44(3)4)24(47)20(28(38)50)26(48)31(32,13-37)27(49)21(30)23(19)46/h5-9,25,45-46,48H,10-12,39-40H2,1-4H3,(H2,38,50)(H2,41,42,51)/t25-,30-,31+,32-/m1/s1. The molecule has 3 aliphatic carbocycles. The van der Waals surface area contributed by atoms with E-state index < -0.39 is 93.0 Å². The van der Waals surface area contributed by atoms with Crippen molar-refractivity contribution in [3.05, 3.63) is 63.9 Å². The number of phenols is 1. The number of aliphatic hydroxyl groups is 2. The third-order valence-corrected chi connectivity index (χ3v) is 9.57. The quantitative estimate of drug-likeness (QED) is 0.186. The summed E-state index contributed by atoms with van der Waals surface area (Å²) in [5, 5.41) is 50.2. The maximum atomic E-state index is 14.6. The van der Waals surface area contributed by atoms with Crippen LogP contribution in [-0.2, 0) is 27.3 Å². The number of aromatic hydroxyl groups is 1. The highest BCUT2D eigenvalue weighted by atomic mass is 19.4. The Kier molecular flexibility index (Phi) is 8.95. The number of ether oxygens (including phenoxy) is 1. The van der Waals surface area contributed by atoms with Crippen molar-refractivity contribution in [2.24, 2.45) is 22.6 Å². The fraction of sp³-hybridized carbons (Fsp3) is 0.364. The number of primary amides is 1. The monoisotopic (exact) mass is 728 g/mol. The molecule has 0 radical (unpaired) electrons. The molecule has 2 aromatic carbocycles. The van der Waals surface area contributed by atoms with Crippen LogP contribution < -0.4 is 37.5 Å². The summed E-state index contributed by atoms with van der Waals surface area (Å²) in [5.41, 5.74) is 11.1. The van der Waals surface area contributed by atoms with Crippen molar-refractivity contribution in [2.75, 3.05) is 38.4 Å². The van der Waals surface area contributed by atoms with Gasteiger partial charge < -0.3 is 52.8 Å². The number of alkyl halides is 3. The van der Waals surface area contributed by atoms with Crippen LogP contribution in [0.1, 0.15) is 23.1 Å². The van der Waals surface area contributed by atoms with E-state index in [1.54, 1.807) is 25.1 Å². The van der Waals surface area contributed by atoms with Crippen molar-refractivity contribution < 1.29 is 52.4 Å². The Hall–Kier alpha value is -5.84. The number of ketones is 2. The molecule has 3 aliphatic rings. The number of hydrogen-bond donors (Lipinski definition) is 8. The second kappa shape index (κ2) is 12.4. The van der Waals surface area contributed by atoms with Crippen molar-refractivity contribution in [3.63, 3.8) is 0 Å². The van der Waals surface area contributed by atoms with E-state index in [1.165, 1.54) is 25.1 Å². The van der Waals surface area contributed by atoms with Crippen LogP contribution in [0.3, 0.4) is 0 Å². The Balaban J connectivity index is 1.58. The number of nitrogens with two attached hydrogens (primary N) is 3. The van der Waals surface area contributed by atoms with Gasteiger partial charge in [0.25, 0.3) is 5.91 Å². The molecule has 4 atom stereocenters. The van der Waals surface area contributed by atoms with Crippen molar-refractivity contribution in [2.45, 2.75) is 42.9 Å². The van der Waals surface area contributed by atoms with Crippen molar-refractivity contribution in [1.29, 1.82) is 5.26 Å². The second-order valence-electron chi connectivity index (χ2n) is 13.3. The first-order chi connectivity index (χ1) is 24.0. The Morgan fingerprint density at radius 3 is 2.23 bits per heavy atom. The third-order valence-electron chi connectivity index (χ3n) is 9.57. The zero-order valence-electron chi connectivity index (χ0n) is 28.2. The Morgan fingerprint density at radius 1 is 1.10 bits per heavy atom. The van der Waals surface area contributed by atoms with Crippen LogP contribution in [0.2, 0.25) is 0 Å². The topological polar surface area (TPSA) is 271 Å². The van der Waals surface area contributed by atoms with Crippen LogP contribution in [0.15, 0.2) is 47.2 Å². The van der Waals surface area contributed by atoms with E-state index in [1.807, 2.05) is 0 Å². The highest BCUT2D eigenvalue weighted by Gasteiger charge is 2.74. The summed E-state index contributed by atoms with van der Waals surface area (Å²) in [6.07, 6.45) is -5.73. The number of urea groups is 1. The van der Waals surface area contributed by atoms with E-state index in [4.69, 9.17) is 17.2 Å². The number of aliphatic hydroxyl groups excluding tert-OH is 2. The second-order valence-corrected chi connectivity index (χ2v) is 13.3. The Morgan fingerprint density at radius 2 is 1.71 bits per heavy atom. The molecule has 52 heavy (non-hydrogen) atoms. The number of carbonyl (C=O) groups excluding carboxylic acids is 4. The van der Waals surface area contributed by atoms with Gasteiger partial charge in [-0.3, -0.25) is 19.3 Å². The van der Waals surface area contributed by atoms with Gasteiger partial charge in [-0.15, -0.1) is 13.2 Å². The Bertz CT molecular complexity index is 2020. The molecule has 0 bridgehead atoms. The Labute approximate surface area is 293 Å². The number of amides is 3. The number of halogens is 3. The molecule has 16 nitrogen and oxygen atoms in total. The average Bonchev–Trinajstić information content (AvgIpc) is 2.99. The van der Waals surface area contributed by atoms with Crippen LogP contribution in [0.25, 0.3) is 5.76 Å². The van der Waals surface area contributed by atoms with Crippen LogP contribution in [0.4, 0.5) is 29.3 Å². The number of nitrogens with one attached hydrogen (secondary N) is 2. The lowest BCUT2D eigenvalue weighted by molar-refractivity contribution is -0.274. The lowest BCUT2D eigenvalue weighted by Crippen LogP contribution is -2.80. The molecular weight excluding hydrogens is 693 g/mol.